The van der Waals surface area contributed by atoms with Gasteiger partial charge in [-0.1, -0.05) is 18.6 Å². The van der Waals surface area contributed by atoms with Crippen molar-refractivity contribution in [2.75, 3.05) is 11.4 Å². The summed E-state index contributed by atoms with van der Waals surface area (Å²) in [7, 11) is 0. The van der Waals surface area contributed by atoms with E-state index in [1.54, 1.807) is 4.90 Å². The molecule has 3 rings (SSSR count). The van der Waals surface area contributed by atoms with E-state index in [2.05, 4.69) is 6.07 Å². The average molecular weight is 255 g/mol. The summed E-state index contributed by atoms with van der Waals surface area (Å²) in [5, 5.41) is 9.31. The molecule has 0 aromatic heterocycles. The summed E-state index contributed by atoms with van der Waals surface area (Å²) >= 11 is 0. The predicted octanol–water partition coefficient (Wildman–Crippen LogP) is 1.73. The maximum atomic E-state index is 12.1. The molecule has 1 saturated carbocycles. The first-order chi connectivity index (χ1) is 9.17. The van der Waals surface area contributed by atoms with E-state index in [-0.39, 0.29) is 11.3 Å². The van der Waals surface area contributed by atoms with Crippen LogP contribution >= 0.6 is 0 Å². The second-order valence-corrected chi connectivity index (χ2v) is 5.57. The first-order valence-electron chi connectivity index (χ1n) is 6.71. The molecule has 1 aromatic rings. The molecular formula is C15H17N3O. The standard InChI is InChI=1S/C15H17N3O/c16-8-11-2-3-13-12(6-11)7-14(19)18(13)10-15(9-17)4-1-5-15/h2-3,6H,1,4-5,7-8,10,16H2. The Labute approximate surface area is 112 Å². The number of hydrogen-bond acceptors (Lipinski definition) is 3. The molecular weight excluding hydrogens is 238 g/mol. The topological polar surface area (TPSA) is 70.1 Å². The van der Waals surface area contributed by atoms with Crippen molar-refractivity contribution in [1.82, 2.24) is 0 Å². The molecule has 98 valence electrons. The highest BCUT2D eigenvalue weighted by Crippen LogP contribution is 2.43. The number of benzene rings is 1. The van der Waals surface area contributed by atoms with Gasteiger partial charge in [-0.25, -0.2) is 0 Å². The summed E-state index contributed by atoms with van der Waals surface area (Å²) in [5.74, 6) is 0.102. The fourth-order valence-electron chi connectivity index (χ4n) is 2.95. The van der Waals surface area contributed by atoms with Crippen LogP contribution in [0.15, 0.2) is 18.2 Å². The summed E-state index contributed by atoms with van der Waals surface area (Å²) in [4.78, 5) is 13.9. The van der Waals surface area contributed by atoms with Crippen molar-refractivity contribution in [3.8, 4) is 6.07 Å². The quantitative estimate of drug-likeness (QED) is 0.894. The number of hydrogen-bond donors (Lipinski definition) is 1. The Kier molecular flexibility index (Phi) is 2.79. The van der Waals surface area contributed by atoms with E-state index in [0.29, 0.717) is 19.5 Å². The number of rotatable bonds is 3. The zero-order valence-electron chi connectivity index (χ0n) is 10.9. The van der Waals surface area contributed by atoms with Gasteiger partial charge in [0.25, 0.3) is 0 Å². The number of nitrogens with zero attached hydrogens (tertiary/aromatic N) is 2. The van der Waals surface area contributed by atoms with Crippen LogP contribution < -0.4 is 10.6 Å². The molecule has 0 saturated heterocycles. The summed E-state index contributed by atoms with van der Waals surface area (Å²) in [6.07, 6.45) is 3.34. The van der Waals surface area contributed by atoms with E-state index in [4.69, 9.17) is 5.73 Å². The Morgan fingerprint density at radius 3 is 2.79 bits per heavy atom. The number of carbonyl (C=O) groups excluding carboxylic acids is 1. The number of nitrogens with two attached hydrogens (primary N) is 1. The molecule has 1 fully saturated rings. The molecule has 0 atom stereocenters. The molecule has 1 aliphatic heterocycles. The molecule has 0 unspecified atom stereocenters. The lowest BCUT2D eigenvalue weighted by Crippen LogP contribution is -2.42. The molecule has 1 amide bonds. The Bertz CT molecular complexity index is 569. The van der Waals surface area contributed by atoms with Crippen LogP contribution in [0.2, 0.25) is 0 Å². The van der Waals surface area contributed by atoms with Crippen LogP contribution in [0.1, 0.15) is 30.4 Å². The first-order valence-corrected chi connectivity index (χ1v) is 6.71. The van der Waals surface area contributed by atoms with E-state index in [0.717, 1.165) is 36.1 Å². The van der Waals surface area contributed by atoms with Gasteiger partial charge in [0.15, 0.2) is 0 Å². The average Bonchev–Trinajstić information content (AvgIpc) is 2.68. The van der Waals surface area contributed by atoms with Crippen molar-refractivity contribution in [3.05, 3.63) is 29.3 Å². The van der Waals surface area contributed by atoms with Crippen molar-refractivity contribution in [2.24, 2.45) is 11.1 Å². The summed E-state index contributed by atoms with van der Waals surface area (Å²) in [6, 6.07) is 8.34. The highest BCUT2D eigenvalue weighted by atomic mass is 16.2. The van der Waals surface area contributed by atoms with Crippen LogP contribution in [0.25, 0.3) is 0 Å². The second kappa shape index (κ2) is 4.36. The molecule has 2 aliphatic rings. The Balaban J connectivity index is 1.89. The monoisotopic (exact) mass is 255 g/mol. The zero-order chi connectivity index (χ0) is 13.5. The smallest absolute Gasteiger partial charge is 0.231 e. The molecule has 19 heavy (non-hydrogen) atoms. The van der Waals surface area contributed by atoms with Gasteiger partial charge in [0, 0.05) is 18.8 Å². The number of nitriles is 1. The van der Waals surface area contributed by atoms with E-state index < -0.39 is 0 Å². The molecule has 1 heterocycles. The van der Waals surface area contributed by atoms with Gasteiger partial charge in [0.1, 0.15) is 0 Å². The molecule has 0 radical (unpaired) electrons. The molecule has 0 bridgehead atoms. The van der Waals surface area contributed by atoms with Crippen molar-refractivity contribution >= 4 is 11.6 Å². The fourth-order valence-corrected chi connectivity index (χ4v) is 2.95. The lowest BCUT2D eigenvalue weighted by molar-refractivity contribution is -0.117. The minimum Gasteiger partial charge on any atom is -0.326 e. The number of carbonyl (C=O) groups is 1. The number of anilines is 1. The summed E-state index contributed by atoms with van der Waals surface area (Å²) in [6.45, 7) is 1.03. The molecule has 0 spiro atoms. The Hall–Kier alpha value is -1.86. The number of fused-ring (bicyclic) bond motifs is 1. The van der Waals surface area contributed by atoms with Gasteiger partial charge in [-0.05, 0) is 30.0 Å². The van der Waals surface area contributed by atoms with Gasteiger partial charge in [-0.3, -0.25) is 4.79 Å². The molecule has 1 aliphatic carbocycles. The van der Waals surface area contributed by atoms with Gasteiger partial charge < -0.3 is 10.6 Å². The molecule has 4 nitrogen and oxygen atoms in total. The highest BCUT2D eigenvalue weighted by Gasteiger charge is 2.42. The molecule has 1 aromatic carbocycles. The first kappa shape index (κ1) is 12.2. The van der Waals surface area contributed by atoms with Crippen LogP contribution in [0, 0.1) is 16.7 Å². The van der Waals surface area contributed by atoms with Gasteiger partial charge in [-0.15, -0.1) is 0 Å². The zero-order valence-corrected chi connectivity index (χ0v) is 10.9. The Morgan fingerprint density at radius 2 is 2.21 bits per heavy atom. The van der Waals surface area contributed by atoms with Crippen molar-refractivity contribution < 1.29 is 4.79 Å². The van der Waals surface area contributed by atoms with Gasteiger partial charge >= 0.3 is 0 Å². The van der Waals surface area contributed by atoms with Crippen molar-refractivity contribution in [3.63, 3.8) is 0 Å². The van der Waals surface area contributed by atoms with E-state index in [1.807, 2.05) is 18.2 Å². The van der Waals surface area contributed by atoms with Crippen LogP contribution in [-0.4, -0.2) is 12.5 Å². The van der Waals surface area contributed by atoms with Crippen LogP contribution in [0.5, 0.6) is 0 Å². The maximum absolute atomic E-state index is 12.1. The number of amides is 1. The minimum absolute atomic E-state index is 0.102. The maximum Gasteiger partial charge on any atom is 0.231 e. The fraction of sp³-hybridized carbons (Fsp3) is 0.467. The SMILES string of the molecule is N#CC1(CN2C(=O)Cc3cc(CN)ccc32)CCC1. The van der Waals surface area contributed by atoms with E-state index in [9.17, 15) is 10.1 Å². The van der Waals surface area contributed by atoms with Gasteiger partial charge in [-0.2, -0.15) is 5.26 Å². The highest BCUT2D eigenvalue weighted by molar-refractivity contribution is 6.01. The third-order valence-electron chi connectivity index (χ3n) is 4.32. The minimum atomic E-state index is -0.316. The lowest BCUT2D eigenvalue weighted by atomic mass is 9.69. The third kappa shape index (κ3) is 1.91. The van der Waals surface area contributed by atoms with Crippen LogP contribution in [-0.2, 0) is 17.8 Å². The Morgan fingerprint density at radius 1 is 1.42 bits per heavy atom. The summed E-state index contributed by atoms with van der Waals surface area (Å²) in [5.41, 5.74) is 8.36. The van der Waals surface area contributed by atoms with Crippen LogP contribution in [0.3, 0.4) is 0 Å². The van der Waals surface area contributed by atoms with Crippen LogP contribution in [0.4, 0.5) is 5.69 Å². The van der Waals surface area contributed by atoms with Gasteiger partial charge in [0.2, 0.25) is 5.91 Å². The molecule has 2 N–H and O–H groups in total. The largest absolute Gasteiger partial charge is 0.326 e. The van der Waals surface area contributed by atoms with Gasteiger partial charge in [0.05, 0.1) is 17.9 Å². The molecule has 4 heteroatoms. The van der Waals surface area contributed by atoms with Crippen molar-refractivity contribution in [1.29, 1.82) is 5.26 Å². The normalized spacial score (nSPS) is 19.8. The summed E-state index contributed by atoms with van der Waals surface area (Å²) < 4.78 is 0. The van der Waals surface area contributed by atoms with Crippen molar-refractivity contribution in [2.45, 2.75) is 32.2 Å². The second-order valence-electron chi connectivity index (χ2n) is 5.57. The predicted molar refractivity (Wildman–Crippen MR) is 72.3 cm³/mol. The van der Waals surface area contributed by atoms with E-state index in [1.165, 1.54) is 0 Å². The lowest BCUT2D eigenvalue weighted by Gasteiger charge is -2.38. The van der Waals surface area contributed by atoms with E-state index >= 15 is 0 Å². The third-order valence-corrected chi connectivity index (χ3v) is 4.32.